The van der Waals surface area contributed by atoms with E-state index in [2.05, 4.69) is 47.9 Å². The summed E-state index contributed by atoms with van der Waals surface area (Å²) in [6, 6.07) is 12.4. The van der Waals surface area contributed by atoms with Crippen LogP contribution in [0.3, 0.4) is 0 Å². The second-order valence-corrected chi connectivity index (χ2v) is 6.91. The molecule has 1 aromatic carbocycles. The third-order valence-electron chi connectivity index (χ3n) is 4.62. The summed E-state index contributed by atoms with van der Waals surface area (Å²) < 4.78 is 1.41. The zero-order chi connectivity index (χ0) is 13.5. The van der Waals surface area contributed by atoms with Crippen molar-refractivity contribution < 1.29 is 0 Å². The summed E-state index contributed by atoms with van der Waals surface area (Å²) in [4.78, 5) is 4.09. The fraction of sp³-hybridized carbons (Fsp3) is 0.333. The first-order valence-electron chi connectivity index (χ1n) is 7.41. The van der Waals surface area contributed by atoms with Crippen LogP contribution in [0.4, 0.5) is 0 Å². The summed E-state index contributed by atoms with van der Waals surface area (Å²) in [5, 5.41) is 1.38. The molecule has 102 valence electrons. The molecule has 0 N–H and O–H groups in total. The van der Waals surface area contributed by atoms with Crippen LogP contribution < -0.4 is 0 Å². The lowest BCUT2D eigenvalue weighted by molar-refractivity contribution is 0.237. The topological polar surface area (TPSA) is 3.24 Å². The van der Waals surface area contributed by atoms with Gasteiger partial charge in [-0.25, -0.2) is 0 Å². The van der Waals surface area contributed by atoms with E-state index >= 15 is 0 Å². The zero-order valence-corrected chi connectivity index (χ0v) is 12.4. The molecule has 2 aliphatic rings. The molecular weight excluding hydrogens is 262 g/mol. The van der Waals surface area contributed by atoms with Crippen LogP contribution >= 0.6 is 11.3 Å². The van der Waals surface area contributed by atoms with Crippen LogP contribution in [-0.2, 0) is 0 Å². The Morgan fingerprint density at radius 3 is 3.00 bits per heavy atom. The first-order chi connectivity index (χ1) is 9.85. The molecule has 0 saturated carbocycles. The van der Waals surface area contributed by atoms with Crippen LogP contribution in [0.5, 0.6) is 0 Å². The molecule has 4 rings (SSSR count). The van der Waals surface area contributed by atoms with Crippen molar-refractivity contribution in [3.05, 3.63) is 53.9 Å². The molecule has 2 aromatic rings. The van der Waals surface area contributed by atoms with Gasteiger partial charge in [-0.3, -0.25) is 4.90 Å². The van der Waals surface area contributed by atoms with E-state index < -0.39 is 0 Å². The van der Waals surface area contributed by atoms with Gasteiger partial charge in [0.15, 0.2) is 0 Å². The van der Waals surface area contributed by atoms with E-state index in [1.54, 1.807) is 5.57 Å². The Balaban J connectivity index is 1.69. The summed E-state index contributed by atoms with van der Waals surface area (Å²) in [6.45, 7) is 4.93. The van der Waals surface area contributed by atoms with Crippen LogP contribution in [-0.4, -0.2) is 23.5 Å². The Morgan fingerprint density at radius 2 is 2.20 bits per heavy atom. The molecule has 2 bridgehead atoms. The van der Waals surface area contributed by atoms with Crippen molar-refractivity contribution in [3.63, 3.8) is 0 Å². The molecule has 2 atom stereocenters. The second-order valence-electron chi connectivity index (χ2n) is 5.83. The van der Waals surface area contributed by atoms with Crippen molar-refractivity contribution >= 4 is 27.0 Å². The van der Waals surface area contributed by atoms with Crippen molar-refractivity contribution in [2.45, 2.75) is 31.3 Å². The van der Waals surface area contributed by atoms with Gasteiger partial charge in [-0.1, -0.05) is 30.4 Å². The van der Waals surface area contributed by atoms with Gasteiger partial charge in [0, 0.05) is 28.2 Å². The lowest BCUT2D eigenvalue weighted by Crippen LogP contribution is -2.38. The molecule has 1 aromatic heterocycles. The Morgan fingerprint density at radius 1 is 1.30 bits per heavy atom. The monoisotopic (exact) mass is 281 g/mol. The first kappa shape index (κ1) is 12.4. The van der Waals surface area contributed by atoms with E-state index in [1.165, 1.54) is 34.2 Å². The molecule has 0 amide bonds. The van der Waals surface area contributed by atoms with Crippen LogP contribution in [0.2, 0.25) is 0 Å². The molecule has 2 heteroatoms. The summed E-state index contributed by atoms with van der Waals surface area (Å²) in [5.41, 5.74) is 1.57. The fourth-order valence-corrected chi connectivity index (χ4v) is 4.77. The normalized spacial score (nSPS) is 25.9. The predicted molar refractivity (Wildman–Crippen MR) is 88.1 cm³/mol. The predicted octanol–water partition coefficient (Wildman–Crippen LogP) is 4.71. The van der Waals surface area contributed by atoms with E-state index in [9.17, 15) is 0 Å². The van der Waals surface area contributed by atoms with Gasteiger partial charge in [0.05, 0.1) is 0 Å². The van der Waals surface area contributed by atoms with Crippen molar-refractivity contribution in [1.29, 1.82) is 0 Å². The maximum Gasteiger partial charge on any atom is 0.0349 e. The van der Waals surface area contributed by atoms with Gasteiger partial charge in [-0.2, -0.15) is 0 Å². The highest BCUT2D eigenvalue weighted by atomic mass is 32.1. The van der Waals surface area contributed by atoms with Crippen molar-refractivity contribution in [2.24, 2.45) is 0 Å². The SMILES string of the molecule is C=CCN1C2C=C(c3cc4ccccc4s3)CC1CC2. The summed E-state index contributed by atoms with van der Waals surface area (Å²) in [6.07, 6.45) is 8.41. The van der Waals surface area contributed by atoms with Gasteiger partial charge in [-0.15, -0.1) is 17.9 Å². The third kappa shape index (κ3) is 1.95. The number of fused-ring (bicyclic) bond motifs is 3. The van der Waals surface area contributed by atoms with E-state index in [0.29, 0.717) is 6.04 Å². The second kappa shape index (κ2) is 4.87. The van der Waals surface area contributed by atoms with Crippen molar-refractivity contribution in [2.75, 3.05) is 6.54 Å². The maximum atomic E-state index is 3.90. The number of rotatable bonds is 3. The number of nitrogens with zero attached hydrogens (tertiary/aromatic N) is 1. The third-order valence-corrected chi connectivity index (χ3v) is 5.81. The fourth-order valence-electron chi connectivity index (χ4n) is 3.67. The Bertz CT molecular complexity index is 649. The van der Waals surface area contributed by atoms with E-state index in [1.807, 2.05) is 17.4 Å². The highest BCUT2D eigenvalue weighted by molar-refractivity contribution is 7.20. The van der Waals surface area contributed by atoms with E-state index in [-0.39, 0.29) is 0 Å². The average molecular weight is 281 g/mol. The lowest BCUT2D eigenvalue weighted by atomic mass is 9.99. The van der Waals surface area contributed by atoms with Gasteiger partial charge < -0.3 is 0 Å². The quantitative estimate of drug-likeness (QED) is 0.737. The van der Waals surface area contributed by atoms with Crippen molar-refractivity contribution in [3.8, 4) is 0 Å². The standard InChI is InChI=1S/C18H19NS/c1-2-9-19-15-7-8-16(19)11-14(10-15)18-12-13-5-3-4-6-17(13)20-18/h2-6,10,12,15-16H,1,7-9,11H2. The van der Waals surface area contributed by atoms with Gasteiger partial charge in [0.1, 0.15) is 0 Å². The molecular formula is C18H19NS. The Kier molecular flexibility index (Phi) is 3.01. The Hall–Kier alpha value is -1.38. The number of hydrogen-bond donors (Lipinski definition) is 0. The number of benzene rings is 1. The van der Waals surface area contributed by atoms with Gasteiger partial charge in [0.25, 0.3) is 0 Å². The molecule has 1 saturated heterocycles. The van der Waals surface area contributed by atoms with E-state index in [0.717, 1.165) is 12.6 Å². The molecule has 1 fully saturated rings. The molecule has 2 aliphatic heterocycles. The van der Waals surface area contributed by atoms with Crippen LogP contribution in [0.25, 0.3) is 15.7 Å². The number of hydrogen-bond acceptors (Lipinski definition) is 2. The molecule has 0 spiro atoms. The largest absolute Gasteiger partial charge is 0.290 e. The zero-order valence-electron chi connectivity index (χ0n) is 11.6. The molecule has 1 nitrogen and oxygen atoms in total. The minimum Gasteiger partial charge on any atom is -0.290 e. The van der Waals surface area contributed by atoms with Crippen LogP contribution in [0, 0.1) is 0 Å². The summed E-state index contributed by atoms with van der Waals surface area (Å²) >= 11 is 1.94. The smallest absolute Gasteiger partial charge is 0.0349 e. The van der Waals surface area contributed by atoms with E-state index in [4.69, 9.17) is 0 Å². The number of thiophene rings is 1. The van der Waals surface area contributed by atoms with Gasteiger partial charge in [0.2, 0.25) is 0 Å². The average Bonchev–Trinajstić information content (AvgIpc) is 2.98. The molecule has 3 heterocycles. The maximum absolute atomic E-state index is 3.90. The summed E-state index contributed by atoms with van der Waals surface area (Å²) in [7, 11) is 0. The Labute approximate surface area is 124 Å². The minimum atomic E-state index is 0.631. The highest BCUT2D eigenvalue weighted by Crippen LogP contribution is 2.41. The molecule has 0 aliphatic carbocycles. The molecule has 2 unspecified atom stereocenters. The summed E-state index contributed by atoms with van der Waals surface area (Å²) in [5.74, 6) is 0. The van der Waals surface area contributed by atoms with Crippen LogP contribution in [0.1, 0.15) is 24.1 Å². The molecule has 0 radical (unpaired) electrons. The minimum absolute atomic E-state index is 0.631. The van der Waals surface area contributed by atoms with Gasteiger partial charge in [-0.05, 0) is 42.4 Å². The van der Waals surface area contributed by atoms with Crippen molar-refractivity contribution in [1.82, 2.24) is 4.90 Å². The van der Waals surface area contributed by atoms with Gasteiger partial charge >= 0.3 is 0 Å². The lowest BCUT2D eigenvalue weighted by Gasteiger charge is -2.32. The first-order valence-corrected chi connectivity index (χ1v) is 8.23. The molecule has 20 heavy (non-hydrogen) atoms. The highest BCUT2D eigenvalue weighted by Gasteiger charge is 2.36. The van der Waals surface area contributed by atoms with Crippen LogP contribution in [0.15, 0.2) is 49.1 Å².